The van der Waals surface area contributed by atoms with Crippen LogP contribution in [0.25, 0.3) is 20.5 Å². The summed E-state index contributed by atoms with van der Waals surface area (Å²) in [6, 6.07) is 16.9. The lowest BCUT2D eigenvalue weighted by atomic mass is 10.1. The van der Waals surface area contributed by atoms with E-state index in [1.54, 1.807) is 23.5 Å². The van der Waals surface area contributed by atoms with Crippen molar-refractivity contribution in [3.8, 4) is 10.4 Å². The first-order valence-electron chi connectivity index (χ1n) is 5.47. The van der Waals surface area contributed by atoms with E-state index in [2.05, 4.69) is 12.1 Å². The van der Waals surface area contributed by atoms with Gasteiger partial charge in [0, 0.05) is 21.7 Å². The monoisotopic (exact) mass is 255 g/mol. The molecule has 0 atom stereocenters. The molecular formula is C14H9NO2S. The first-order chi connectivity index (χ1) is 8.74. The lowest BCUT2D eigenvalue weighted by Gasteiger charge is -1.96. The number of fused-ring (bicyclic) bond motifs is 1. The molecule has 2 aromatic carbocycles. The molecule has 88 valence electrons. The van der Waals surface area contributed by atoms with Crippen molar-refractivity contribution in [2.75, 3.05) is 0 Å². The molecular weight excluding hydrogens is 246 g/mol. The molecule has 0 saturated heterocycles. The highest BCUT2D eigenvalue weighted by Crippen LogP contribution is 2.34. The zero-order valence-corrected chi connectivity index (χ0v) is 10.2. The molecule has 0 aliphatic heterocycles. The van der Waals surface area contributed by atoms with Crippen molar-refractivity contribution in [3.05, 3.63) is 64.7 Å². The first kappa shape index (κ1) is 10.9. The zero-order valence-electron chi connectivity index (χ0n) is 9.37. The Balaban J connectivity index is 2.13. The van der Waals surface area contributed by atoms with Gasteiger partial charge in [0.1, 0.15) is 0 Å². The van der Waals surface area contributed by atoms with Crippen LogP contribution in [-0.2, 0) is 0 Å². The van der Waals surface area contributed by atoms with Gasteiger partial charge in [-0.3, -0.25) is 10.1 Å². The van der Waals surface area contributed by atoms with E-state index in [4.69, 9.17) is 0 Å². The standard InChI is InChI=1S/C14H9NO2S/c16-15(17)12-6-3-5-10(8-12)14-9-11-4-1-2-7-13(11)18-14/h1-9H. The second kappa shape index (κ2) is 4.23. The van der Waals surface area contributed by atoms with Crippen molar-refractivity contribution >= 4 is 27.1 Å². The van der Waals surface area contributed by atoms with E-state index >= 15 is 0 Å². The number of nitro groups is 1. The highest BCUT2D eigenvalue weighted by Gasteiger charge is 2.09. The molecule has 1 heterocycles. The van der Waals surface area contributed by atoms with Gasteiger partial charge in [0.2, 0.25) is 0 Å². The third kappa shape index (κ3) is 1.87. The Morgan fingerprint density at radius 2 is 1.83 bits per heavy atom. The lowest BCUT2D eigenvalue weighted by molar-refractivity contribution is -0.384. The van der Waals surface area contributed by atoms with E-state index in [1.807, 2.05) is 24.3 Å². The Bertz CT molecular complexity index is 700. The minimum Gasteiger partial charge on any atom is -0.258 e. The van der Waals surface area contributed by atoms with Crippen molar-refractivity contribution in [2.24, 2.45) is 0 Å². The summed E-state index contributed by atoms with van der Waals surface area (Å²) in [5.74, 6) is 0. The van der Waals surface area contributed by atoms with Gasteiger partial charge in [-0.15, -0.1) is 11.3 Å². The number of nitro benzene ring substituents is 1. The SMILES string of the molecule is O=[N+]([O-])c1cccc(-c2cc3ccccc3s2)c1. The average Bonchev–Trinajstić information content (AvgIpc) is 2.82. The van der Waals surface area contributed by atoms with E-state index in [9.17, 15) is 10.1 Å². The summed E-state index contributed by atoms with van der Waals surface area (Å²) in [7, 11) is 0. The fourth-order valence-corrected chi connectivity index (χ4v) is 2.96. The van der Waals surface area contributed by atoms with Gasteiger partial charge in [-0.05, 0) is 23.1 Å². The number of hydrogen-bond donors (Lipinski definition) is 0. The van der Waals surface area contributed by atoms with Crippen LogP contribution in [0.15, 0.2) is 54.6 Å². The molecule has 0 saturated carbocycles. The van der Waals surface area contributed by atoms with Gasteiger partial charge in [-0.25, -0.2) is 0 Å². The Kier molecular flexibility index (Phi) is 2.57. The zero-order chi connectivity index (χ0) is 12.5. The molecule has 1 aromatic heterocycles. The largest absolute Gasteiger partial charge is 0.270 e. The third-order valence-electron chi connectivity index (χ3n) is 2.77. The fraction of sp³-hybridized carbons (Fsp3) is 0. The predicted octanol–water partition coefficient (Wildman–Crippen LogP) is 4.48. The van der Waals surface area contributed by atoms with Gasteiger partial charge in [0.05, 0.1) is 4.92 Å². The van der Waals surface area contributed by atoms with Crippen LogP contribution in [0, 0.1) is 10.1 Å². The maximum atomic E-state index is 10.8. The number of rotatable bonds is 2. The third-order valence-corrected chi connectivity index (χ3v) is 3.93. The molecule has 0 aliphatic rings. The van der Waals surface area contributed by atoms with Gasteiger partial charge in [-0.2, -0.15) is 0 Å². The van der Waals surface area contributed by atoms with Crippen LogP contribution in [0.3, 0.4) is 0 Å². The van der Waals surface area contributed by atoms with Crippen LogP contribution in [-0.4, -0.2) is 4.92 Å². The van der Waals surface area contributed by atoms with Crippen molar-refractivity contribution in [2.45, 2.75) is 0 Å². The van der Waals surface area contributed by atoms with Gasteiger partial charge in [0.25, 0.3) is 5.69 Å². The van der Waals surface area contributed by atoms with E-state index < -0.39 is 0 Å². The maximum Gasteiger partial charge on any atom is 0.270 e. The molecule has 3 nitrogen and oxygen atoms in total. The Labute approximate surface area is 107 Å². The number of hydrogen-bond acceptors (Lipinski definition) is 3. The van der Waals surface area contributed by atoms with Crippen molar-refractivity contribution in [1.82, 2.24) is 0 Å². The first-order valence-corrected chi connectivity index (χ1v) is 6.29. The fourth-order valence-electron chi connectivity index (χ4n) is 1.90. The minimum absolute atomic E-state index is 0.130. The van der Waals surface area contributed by atoms with E-state index in [-0.39, 0.29) is 10.6 Å². The van der Waals surface area contributed by atoms with Crippen LogP contribution >= 0.6 is 11.3 Å². The highest BCUT2D eigenvalue weighted by molar-refractivity contribution is 7.22. The van der Waals surface area contributed by atoms with Gasteiger partial charge < -0.3 is 0 Å². The average molecular weight is 255 g/mol. The van der Waals surface area contributed by atoms with Crippen LogP contribution in [0.2, 0.25) is 0 Å². The Morgan fingerprint density at radius 3 is 2.61 bits per heavy atom. The molecule has 0 unspecified atom stereocenters. The van der Waals surface area contributed by atoms with Crippen LogP contribution in [0.4, 0.5) is 5.69 Å². The van der Waals surface area contributed by atoms with E-state index in [0.29, 0.717) is 0 Å². The molecule has 0 bridgehead atoms. The van der Waals surface area contributed by atoms with Gasteiger partial charge in [0.15, 0.2) is 0 Å². The molecule has 0 amide bonds. The second-order valence-corrected chi connectivity index (χ2v) is 5.04. The summed E-state index contributed by atoms with van der Waals surface area (Å²) in [6.07, 6.45) is 0. The summed E-state index contributed by atoms with van der Waals surface area (Å²) in [5.41, 5.74) is 1.02. The molecule has 3 aromatic rings. The molecule has 0 N–H and O–H groups in total. The quantitative estimate of drug-likeness (QED) is 0.500. The minimum atomic E-state index is -0.364. The summed E-state index contributed by atoms with van der Waals surface area (Å²) in [5, 5.41) is 11.9. The number of nitrogens with zero attached hydrogens (tertiary/aromatic N) is 1. The number of thiophene rings is 1. The maximum absolute atomic E-state index is 10.8. The number of non-ortho nitro benzene ring substituents is 1. The lowest BCUT2D eigenvalue weighted by Crippen LogP contribution is -1.87. The predicted molar refractivity (Wildman–Crippen MR) is 73.9 cm³/mol. The van der Waals surface area contributed by atoms with Crippen molar-refractivity contribution in [3.63, 3.8) is 0 Å². The summed E-state index contributed by atoms with van der Waals surface area (Å²) < 4.78 is 1.19. The molecule has 0 radical (unpaired) electrons. The van der Waals surface area contributed by atoms with Crippen LogP contribution in [0.5, 0.6) is 0 Å². The molecule has 0 spiro atoms. The van der Waals surface area contributed by atoms with Crippen molar-refractivity contribution < 1.29 is 4.92 Å². The van der Waals surface area contributed by atoms with Crippen LogP contribution in [0.1, 0.15) is 0 Å². The van der Waals surface area contributed by atoms with E-state index in [1.165, 1.54) is 16.2 Å². The van der Waals surface area contributed by atoms with Gasteiger partial charge in [-0.1, -0.05) is 30.3 Å². The molecule has 4 heteroatoms. The Morgan fingerprint density at radius 1 is 1.00 bits per heavy atom. The number of benzene rings is 2. The summed E-state index contributed by atoms with van der Waals surface area (Å²) in [4.78, 5) is 11.5. The van der Waals surface area contributed by atoms with Gasteiger partial charge >= 0.3 is 0 Å². The molecule has 0 fully saturated rings. The molecule has 3 rings (SSSR count). The second-order valence-electron chi connectivity index (χ2n) is 3.96. The Hall–Kier alpha value is -2.20. The normalized spacial score (nSPS) is 10.7. The highest BCUT2D eigenvalue weighted by atomic mass is 32.1. The summed E-state index contributed by atoms with van der Waals surface area (Å²) in [6.45, 7) is 0. The van der Waals surface area contributed by atoms with Crippen molar-refractivity contribution in [1.29, 1.82) is 0 Å². The summed E-state index contributed by atoms with van der Waals surface area (Å²) >= 11 is 1.65. The molecule has 0 aliphatic carbocycles. The topological polar surface area (TPSA) is 43.1 Å². The van der Waals surface area contributed by atoms with Crippen LogP contribution < -0.4 is 0 Å². The van der Waals surface area contributed by atoms with E-state index in [0.717, 1.165) is 10.4 Å². The molecule has 18 heavy (non-hydrogen) atoms. The smallest absolute Gasteiger partial charge is 0.258 e.